The molecule has 0 aliphatic carbocycles. The fourth-order valence-corrected chi connectivity index (χ4v) is 1.25. The van der Waals surface area contributed by atoms with Gasteiger partial charge in [-0.3, -0.25) is 4.90 Å². The van der Waals surface area contributed by atoms with Crippen LogP contribution in [0.5, 0.6) is 0 Å². The Balaban J connectivity index is 2.19. The zero-order chi connectivity index (χ0) is 7.94. The van der Waals surface area contributed by atoms with Crippen LogP contribution in [0.3, 0.4) is 0 Å². The highest BCUT2D eigenvalue weighted by Crippen LogP contribution is 1.98. The predicted octanol–water partition coefficient (Wildman–Crippen LogP) is 1.46. The maximum absolute atomic E-state index is 5.42. The van der Waals surface area contributed by atoms with Gasteiger partial charge in [-0.25, -0.2) is 0 Å². The van der Waals surface area contributed by atoms with E-state index >= 15 is 0 Å². The molecule has 2 nitrogen and oxygen atoms in total. The fraction of sp³-hybridized carbons (Fsp3) is 0.750. The molecule has 1 saturated heterocycles. The van der Waals surface area contributed by atoms with Crippen molar-refractivity contribution in [1.29, 1.82) is 0 Å². The molecule has 0 aromatic heterocycles. The van der Waals surface area contributed by atoms with E-state index in [-0.39, 0.29) is 0 Å². The molecule has 1 aliphatic rings. The zero-order valence-corrected chi connectivity index (χ0v) is 7.39. The average Bonchev–Trinajstić information content (AvgIpc) is 2.28. The molecule has 0 radical (unpaired) electrons. The van der Waals surface area contributed by atoms with E-state index in [9.17, 15) is 0 Å². The number of hydrogen-bond donors (Lipinski definition) is 0. The number of nitrogens with zero attached hydrogens (tertiary/aromatic N) is 1. The van der Waals surface area contributed by atoms with Crippen LogP contribution in [-0.2, 0) is 4.74 Å². The minimum Gasteiger partial charge on any atom is -0.380 e. The number of halogens is 1. The maximum Gasteiger partial charge on any atom is 0.0593 e. The summed E-state index contributed by atoms with van der Waals surface area (Å²) in [4.78, 5) is 2.34. The summed E-state index contributed by atoms with van der Waals surface area (Å²) in [7, 11) is 0. The summed E-state index contributed by atoms with van der Waals surface area (Å²) >= 11 is 5.42. The third-order valence-electron chi connectivity index (χ3n) is 1.77. The SMILES string of the molecule is Cl/C=C/CN1CCCOCC1. The van der Waals surface area contributed by atoms with Gasteiger partial charge in [0.1, 0.15) is 0 Å². The highest BCUT2D eigenvalue weighted by molar-refractivity contribution is 6.25. The van der Waals surface area contributed by atoms with Crippen molar-refractivity contribution in [3.05, 3.63) is 11.6 Å². The summed E-state index contributed by atoms with van der Waals surface area (Å²) in [5.74, 6) is 0. The smallest absolute Gasteiger partial charge is 0.0593 e. The van der Waals surface area contributed by atoms with E-state index < -0.39 is 0 Å². The standard InChI is InChI=1S/C8H14ClNO/c9-3-1-4-10-5-2-7-11-8-6-10/h1,3H,2,4-8H2/b3-1+. The van der Waals surface area contributed by atoms with Gasteiger partial charge in [0.05, 0.1) is 6.61 Å². The van der Waals surface area contributed by atoms with Crippen LogP contribution in [0.4, 0.5) is 0 Å². The van der Waals surface area contributed by atoms with E-state index in [0.29, 0.717) is 0 Å². The van der Waals surface area contributed by atoms with Gasteiger partial charge in [0, 0.05) is 31.8 Å². The molecule has 0 N–H and O–H groups in total. The second-order valence-corrected chi connectivity index (χ2v) is 2.88. The maximum atomic E-state index is 5.42. The topological polar surface area (TPSA) is 12.5 Å². The van der Waals surface area contributed by atoms with Crippen LogP contribution in [-0.4, -0.2) is 37.7 Å². The monoisotopic (exact) mass is 175 g/mol. The van der Waals surface area contributed by atoms with Gasteiger partial charge in [-0.2, -0.15) is 0 Å². The van der Waals surface area contributed by atoms with Crippen molar-refractivity contribution in [2.75, 3.05) is 32.8 Å². The van der Waals surface area contributed by atoms with E-state index in [2.05, 4.69) is 4.90 Å². The van der Waals surface area contributed by atoms with Crippen molar-refractivity contribution in [1.82, 2.24) is 4.90 Å². The zero-order valence-electron chi connectivity index (χ0n) is 6.63. The summed E-state index contributed by atoms with van der Waals surface area (Å²) in [5.41, 5.74) is 1.58. The highest BCUT2D eigenvalue weighted by Gasteiger charge is 2.05. The van der Waals surface area contributed by atoms with E-state index in [1.165, 1.54) is 0 Å². The molecule has 1 heterocycles. The molecule has 1 aliphatic heterocycles. The quantitative estimate of drug-likeness (QED) is 0.630. The molecule has 64 valence electrons. The van der Waals surface area contributed by atoms with E-state index in [1.54, 1.807) is 5.54 Å². The van der Waals surface area contributed by atoms with Crippen LogP contribution in [0.1, 0.15) is 6.42 Å². The molecule has 0 aromatic carbocycles. The van der Waals surface area contributed by atoms with Crippen molar-refractivity contribution < 1.29 is 4.74 Å². The normalized spacial score (nSPS) is 22.3. The molecule has 3 heteroatoms. The molecule has 0 atom stereocenters. The van der Waals surface area contributed by atoms with Crippen molar-refractivity contribution in [3.8, 4) is 0 Å². The fourth-order valence-electron chi connectivity index (χ4n) is 1.17. The summed E-state index contributed by atoms with van der Waals surface area (Å²) in [6, 6.07) is 0. The second-order valence-electron chi connectivity index (χ2n) is 2.63. The number of hydrogen-bond acceptors (Lipinski definition) is 2. The molecular formula is C8H14ClNO. The van der Waals surface area contributed by atoms with Crippen LogP contribution < -0.4 is 0 Å². The molecule has 0 amide bonds. The summed E-state index contributed by atoms with van der Waals surface area (Å²) < 4.78 is 5.31. The minimum absolute atomic E-state index is 0.857. The lowest BCUT2D eigenvalue weighted by molar-refractivity contribution is 0.143. The highest BCUT2D eigenvalue weighted by atomic mass is 35.5. The van der Waals surface area contributed by atoms with Gasteiger partial charge in [0.2, 0.25) is 0 Å². The first kappa shape index (κ1) is 9.04. The predicted molar refractivity (Wildman–Crippen MR) is 46.9 cm³/mol. The molecule has 0 unspecified atom stereocenters. The van der Waals surface area contributed by atoms with Gasteiger partial charge in [0.15, 0.2) is 0 Å². The minimum atomic E-state index is 0.857. The Morgan fingerprint density at radius 2 is 2.27 bits per heavy atom. The van der Waals surface area contributed by atoms with Crippen LogP contribution in [0.2, 0.25) is 0 Å². The molecule has 0 bridgehead atoms. The molecule has 1 fully saturated rings. The van der Waals surface area contributed by atoms with Crippen molar-refractivity contribution >= 4 is 11.6 Å². The Hall–Kier alpha value is -0.0500. The molecular weight excluding hydrogens is 162 g/mol. The van der Waals surface area contributed by atoms with Gasteiger partial charge < -0.3 is 4.74 Å². The van der Waals surface area contributed by atoms with Crippen molar-refractivity contribution in [2.24, 2.45) is 0 Å². The van der Waals surface area contributed by atoms with Crippen LogP contribution in [0, 0.1) is 0 Å². The molecule has 0 saturated carbocycles. The molecule has 11 heavy (non-hydrogen) atoms. The Morgan fingerprint density at radius 1 is 1.36 bits per heavy atom. The summed E-state index contributed by atoms with van der Waals surface area (Å²) in [6.07, 6.45) is 3.10. The van der Waals surface area contributed by atoms with Gasteiger partial charge in [-0.15, -0.1) is 0 Å². The Kier molecular flexibility index (Phi) is 4.59. The van der Waals surface area contributed by atoms with Crippen molar-refractivity contribution in [2.45, 2.75) is 6.42 Å². The van der Waals surface area contributed by atoms with Crippen molar-refractivity contribution in [3.63, 3.8) is 0 Å². The first-order chi connectivity index (χ1) is 5.43. The van der Waals surface area contributed by atoms with E-state index in [1.807, 2.05) is 6.08 Å². The van der Waals surface area contributed by atoms with Crippen LogP contribution >= 0.6 is 11.6 Å². The third-order valence-corrected chi connectivity index (χ3v) is 1.95. The summed E-state index contributed by atoms with van der Waals surface area (Å²) in [6.45, 7) is 4.87. The lowest BCUT2D eigenvalue weighted by atomic mass is 10.4. The van der Waals surface area contributed by atoms with Crippen LogP contribution in [0.15, 0.2) is 11.6 Å². The molecule has 0 aromatic rings. The Labute approximate surface area is 72.8 Å². The molecule has 0 spiro atoms. The Morgan fingerprint density at radius 3 is 3.09 bits per heavy atom. The largest absolute Gasteiger partial charge is 0.380 e. The van der Waals surface area contributed by atoms with Gasteiger partial charge in [-0.1, -0.05) is 17.7 Å². The van der Waals surface area contributed by atoms with Gasteiger partial charge in [0.25, 0.3) is 0 Å². The van der Waals surface area contributed by atoms with Crippen LogP contribution in [0.25, 0.3) is 0 Å². The van der Waals surface area contributed by atoms with E-state index in [0.717, 1.165) is 39.3 Å². The third kappa shape index (κ3) is 3.75. The molecule has 1 rings (SSSR count). The average molecular weight is 176 g/mol. The lowest BCUT2D eigenvalue weighted by Crippen LogP contribution is -2.26. The first-order valence-electron chi connectivity index (χ1n) is 3.99. The second kappa shape index (κ2) is 5.58. The van der Waals surface area contributed by atoms with Gasteiger partial charge >= 0.3 is 0 Å². The van der Waals surface area contributed by atoms with E-state index in [4.69, 9.17) is 16.3 Å². The van der Waals surface area contributed by atoms with Gasteiger partial charge in [-0.05, 0) is 6.42 Å². The first-order valence-corrected chi connectivity index (χ1v) is 4.42. The lowest BCUT2D eigenvalue weighted by Gasteiger charge is -2.15. The number of ether oxygens (including phenoxy) is 1. The Bertz CT molecular complexity index is 119. The summed E-state index contributed by atoms with van der Waals surface area (Å²) in [5, 5.41) is 0. The number of rotatable bonds is 2.